The van der Waals surface area contributed by atoms with Crippen molar-refractivity contribution in [2.45, 2.75) is 50.3 Å². The first-order valence-electron chi connectivity index (χ1n) is 9.62. The second-order valence-corrected chi connectivity index (χ2v) is 7.65. The van der Waals surface area contributed by atoms with E-state index in [2.05, 4.69) is 0 Å². The molecule has 1 atom stereocenters. The molecule has 1 saturated carbocycles. The highest BCUT2D eigenvalue weighted by Gasteiger charge is 2.45. The van der Waals surface area contributed by atoms with Crippen LogP contribution in [0.5, 0.6) is 0 Å². The Kier molecular flexibility index (Phi) is 6.31. The van der Waals surface area contributed by atoms with Crippen LogP contribution in [0.1, 0.15) is 54.4 Å². The second kappa shape index (κ2) is 8.57. The summed E-state index contributed by atoms with van der Waals surface area (Å²) < 4.78 is 48.3. The van der Waals surface area contributed by atoms with Gasteiger partial charge in [-0.05, 0) is 43.0 Å². The maximum atomic E-state index is 12.6. The molecule has 0 bridgehead atoms. The minimum absolute atomic E-state index is 0.0617. The number of cyclic esters (lactones) is 1. The number of alkyl halides is 3. The standard InChI is InChI=1S/C21H23F3O5/c22-21(23,24)17-8-6-15(7-9-17)18(26)28-13-20(12-25)11-16(19(27)29-20)10-14-4-2-1-3-5-14/h6-10,14,25H,1-5,11-13H2/b16-10-. The van der Waals surface area contributed by atoms with Crippen molar-refractivity contribution in [2.24, 2.45) is 5.92 Å². The minimum Gasteiger partial charge on any atom is -0.458 e. The van der Waals surface area contributed by atoms with Gasteiger partial charge >= 0.3 is 18.1 Å². The summed E-state index contributed by atoms with van der Waals surface area (Å²) in [5.41, 5.74) is -1.83. The van der Waals surface area contributed by atoms with Crippen molar-refractivity contribution in [3.63, 3.8) is 0 Å². The molecule has 0 aromatic heterocycles. The molecular weight excluding hydrogens is 389 g/mol. The first-order chi connectivity index (χ1) is 13.7. The number of halogens is 3. The lowest BCUT2D eigenvalue weighted by molar-refractivity contribution is -0.154. The fourth-order valence-corrected chi connectivity index (χ4v) is 3.72. The second-order valence-electron chi connectivity index (χ2n) is 7.65. The Morgan fingerprint density at radius 1 is 1.21 bits per heavy atom. The number of allylic oxidation sites excluding steroid dienone is 1. The number of aliphatic hydroxyl groups is 1. The van der Waals surface area contributed by atoms with Crippen LogP contribution in [-0.4, -0.2) is 35.9 Å². The van der Waals surface area contributed by atoms with Crippen molar-refractivity contribution in [3.05, 3.63) is 47.0 Å². The minimum atomic E-state index is -4.50. The molecule has 2 aliphatic rings. The predicted molar refractivity (Wildman–Crippen MR) is 96.9 cm³/mol. The molecule has 0 radical (unpaired) electrons. The Morgan fingerprint density at radius 3 is 2.45 bits per heavy atom. The number of rotatable bonds is 5. The van der Waals surface area contributed by atoms with Gasteiger partial charge in [0.1, 0.15) is 6.61 Å². The lowest BCUT2D eigenvalue weighted by atomic mass is 9.86. The topological polar surface area (TPSA) is 72.8 Å². The first kappa shape index (κ1) is 21.4. The molecule has 1 aliphatic carbocycles. The van der Waals surface area contributed by atoms with Gasteiger partial charge in [-0.15, -0.1) is 0 Å². The van der Waals surface area contributed by atoms with E-state index in [0.717, 1.165) is 49.9 Å². The highest BCUT2D eigenvalue weighted by atomic mass is 19.4. The molecule has 1 aliphatic heterocycles. The van der Waals surface area contributed by atoms with Gasteiger partial charge in [-0.25, -0.2) is 9.59 Å². The maximum Gasteiger partial charge on any atom is 0.416 e. The molecule has 3 rings (SSSR count). The number of hydrogen-bond donors (Lipinski definition) is 1. The van der Waals surface area contributed by atoms with E-state index in [0.29, 0.717) is 11.5 Å². The van der Waals surface area contributed by atoms with E-state index < -0.39 is 35.9 Å². The van der Waals surface area contributed by atoms with Crippen LogP contribution < -0.4 is 0 Å². The van der Waals surface area contributed by atoms with E-state index in [4.69, 9.17) is 9.47 Å². The van der Waals surface area contributed by atoms with Crippen LogP contribution in [0.25, 0.3) is 0 Å². The van der Waals surface area contributed by atoms with Crippen LogP contribution in [0, 0.1) is 5.92 Å². The number of hydrogen-bond acceptors (Lipinski definition) is 5. The number of carbonyl (C=O) groups is 2. The Labute approximate surface area is 166 Å². The summed E-state index contributed by atoms with van der Waals surface area (Å²) in [7, 11) is 0. The van der Waals surface area contributed by atoms with Crippen LogP contribution >= 0.6 is 0 Å². The van der Waals surface area contributed by atoms with Crippen molar-refractivity contribution >= 4 is 11.9 Å². The number of esters is 2. The summed E-state index contributed by atoms with van der Waals surface area (Å²) in [6.07, 6.45) is 2.94. The molecule has 1 heterocycles. The molecular formula is C21H23F3O5. The number of benzene rings is 1. The van der Waals surface area contributed by atoms with Crippen LogP contribution in [0.3, 0.4) is 0 Å². The van der Waals surface area contributed by atoms with Crippen LogP contribution in [0.4, 0.5) is 13.2 Å². The quantitative estimate of drug-likeness (QED) is 0.584. The highest BCUT2D eigenvalue weighted by molar-refractivity contribution is 5.92. The van der Waals surface area contributed by atoms with E-state index >= 15 is 0 Å². The predicted octanol–water partition coefficient (Wildman–Crippen LogP) is 4.05. The normalized spacial score (nSPS) is 24.6. The average Bonchev–Trinajstić information content (AvgIpc) is 3.02. The van der Waals surface area contributed by atoms with E-state index in [-0.39, 0.29) is 18.6 Å². The molecule has 29 heavy (non-hydrogen) atoms. The number of carbonyl (C=O) groups excluding carboxylic acids is 2. The summed E-state index contributed by atoms with van der Waals surface area (Å²) >= 11 is 0. The zero-order chi connectivity index (χ0) is 21.1. The van der Waals surface area contributed by atoms with E-state index in [1.807, 2.05) is 6.08 Å². The molecule has 8 heteroatoms. The molecule has 1 aromatic rings. The van der Waals surface area contributed by atoms with Crippen molar-refractivity contribution in [3.8, 4) is 0 Å². The lowest BCUT2D eigenvalue weighted by Crippen LogP contribution is -2.39. The summed E-state index contributed by atoms with van der Waals surface area (Å²) in [4.78, 5) is 24.4. The molecule has 1 N–H and O–H groups in total. The summed E-state index contributed by atoms with van der Waals surface area (Å²) in [6, 6.07) is 3.62. The van der Waals surface area contributed by atoms with Gasteiger partial charge in [-0.2, -0.15) is 13.2 Å². The van der Waals surface area contributed by atoms with E-state index in [9.17, 15) is 27.9 Å². The lowest BCUT2D eigenvalue weighted by Gasteiger charge is -2.24. The third-order valence-corrected chi connectivity index (χ3v) is 5.37. The zero-order valence-electron chi connectivity index (χ0n) is 15.8. The van der Waals surface area contributed by atoms with Crippen LogP contribution in [-0.2, 0) is 20.4 Å². The van der Waals surface area contributed by atoms with Crippen molar-refractivity contribution < 1.29 is 37.3 Å². The van der Waals surface area contributed by atoms with Gasteiger partial charge in [0.25, 0.3) is 0 Å². The molecule has 0 amide bonds. The van der Waals surface area contributed by atoms with Gasteiger partial charge in [0.05, 0.1) is 17.7 Å². The molecule has 1 saturated heterocycles. The molecule has 1 aromatic carbocycles. The Balaban J connectivity index is 1.63. The van der Waals surface area contributed by atoms with E-state index in [1.165, 1.54) is 6.42 Å². The third-order valence-electron chi connectivity index (χ3n) is 5.37. The van der Waals surface area contributed by atoms with Gasteiger partial charge < -0.3 is 14.6 Å². The van der Waals surface area contributed by atoms with Gasteiger partial charge in [0.15, 0.2) is 5.60 Å². The monoisotopic (exact) mass is 412 g/mol. The summed E-state index contributed by atoms with van der Waals surface area (Å²) in [5, 5.41) is 9.75. The molecule has 1 unspecified atom stereocenters. The van der Waals surface area contributed by atoms with Crippen molar-refractivity contribution in [1.29, 1.82) is 0 Å². The first-order valence-corrected chi connectivity index (χ1v) is 9.62. The van der Waals surface area contributed by atoms with Gasteiger partial charge in [-0.1, -0.05) is 25.3 Å². The molecule has 158 valence electrons. The highest BCUT2D eigenvalue weighted by Crippen LogP contribution is 2.35. The fourth-order valence-electron chi connectivity index (χ4n) is 3.72. The number of ether oxygens (including phenoxy) is 2. The Bertz CT molecular complexity index is 779. The van der Waals surface area contributed by atoms with Crippen molar-refractivity contribution in [2.75, 3.05) is 13.2 Å². The Morgan fingerprint density at radius 2 is 1.86 bits per heavy atom. The summed E-state index contributed by atoms with van der Waals surface area (Å²) in [5.74, 6) is -1.09. The largest absolute Gasteiger partial charge is 0.458 e. The van der Waals surface area contributed by atoms with Gasteiger partial charge in [0.2, 0.25) is 0 Å². The summed E-state index contributed by atoms with van der Waals surface area (Å²) in [6.45, 7) is -0.905. The number of aliphatic hydroxyl groups excluding tert-OH is 1. The van der Waals surface area contributed by atoms with E-state index in [1.54, 1.807) is 0 Å². The molecule has 2 fully saturated rings. The van der Waals surface area contributed by atoms with Crippen molar-refractivity contribution in [1.82, 2.24) is 0 Å². The smallest absolute Gasteiger partial charge is 0.416 e. The van der Waals surface area contributed by atoms with Crippen LogP contribution in [0.15, 0.2) is 35.9 Å². The average molecular weight is 412 g/mol. The fraction of sp³-hybridized carbons (Fsp3) is 0.524. The van der Waals surface area contributed by atoms with Crippen LogP contribution in [0.2, 0.25) is 0 Å². The van der Waals surface area contributed by atoms with Gasteiger partial charge in [0, 0.05) is 12.0 Å². The zero-order valence-corrected chi connectivity index (χ0v) is 15.8. The Hall–Kier alpha value is -2.35. The SMILES string of the molecule is O=C1OC(CO)(COC(=O)c2ccc(C(F)(F)F)cc2)C/C1=C/C1CCCCC1. The molecule has 5 nitrogen and oxygen atoms in total. The molecule has 0 spiro atoms. The third kappa shape index (κ3) is 5.18. The maximum absolute atomic E-state index is 12.6. The van der Waals surface area contributed by atoms with Gasteiger partial charge in [-0.3, -0.25) is 0 Å².